The van der Waals surface area contributed by atoms with Crippen molar-refractivity contribution in [2.75, 3.05) is 12.4 Å². The molecule has 29 heavy (non-hydrogen) atoms. The summed E-state index contributed by atoms with van der Waals surface area (Å²) in [6.07, 6.45) is 17.8. The molecule has 1 unspecified atom stereocenters. The lowest BCUT2D eigenvalue weighted by Crippen LogP contribution is -2.15. The van der Waals surface area contributed by atoms with Crippen LogP contribution in [0.2, 0.25) is 0 Å². The fraction of sp³-hybridized carbons (Fsp3) is 0.750. The summed E-state index contributed by atoms with van der Waals surface area (Å²) in [6, 6.07) is 5.88. The normalized spacial score (nSPS) is 12.1. The van der Waals surface area contributed by atoms with Crippen LogP contribution in [-0.4, -0.2) is 23.3 Å². The van der Waals surface area contributed by atoms with E-state index in [1.807, 2.05) is 18.2 Å². The Balaban J connectivity index is 2.18. The number of carbonyl (C=O) groups excluding carboxylic acids is 1. The number of nitrogens with zero attached hydrogens (tertiary/aromatic N) is 1. The lowest BCUT2D eigenvalue weighted by atomic mass is 9.95. The van der Waals surface area contributed by atoms with Crippen LogP contribution in [0.3, 0.4) is 0 Å². The Labute approximate surface area is 187 Å². The molecule has 5 heteroatoms. The molecule has 0 saturated heterocycles. The van der Waals surface area contributed by atoms with Crippen LogP contribution in [0, 0.1) is 5.92 Å². The monoisotopic (exact) mass is 439 g/mol. The van der Waals surface area contributed by atoms with E-state index in [0.29, 0.717) is 18.9 Å². The van der Waals surface area contributed by atoms with Crippen molar-refractivity contribution < 1.29 is 9.53 Å². The zero-order valence-corrected chi connectivity index (χ0v) is 20.2. The number of unbranched alkanes of at least 4 members (excludes halogenated alkanes) is 8. The number of hydrogen-bond donors (Lipinski definition) is 0. The van der Waals surface area contributed by atoms with Gasteiger partial charge in [0.05, 0.1) is 13.0 Å². The average molecular weight is 440 g/mol. The lowest BCUT2D eigenvalue weighted by Gasteiger charge is -2.17. The molecule has 0 amide bonds. The van der Waals surface area contributed by atoms with E-state index in [1.54, 1.807) is 27.8 Å². The molecule has 3 nitrogen and oxygen atoms in total. The highest BCUT2D eigenvalue weighted by atomic mass is 33.1. The van der Waals surface area contributed by atoms with E-state index < -0.39 is 0 Å². The first-order valence-corrected chi connectivity index (χ1v) is 13.9. The summed E-state index contributed by atoms with van der Waals surface area (Å²) in [7, 11) is 3.28. The van der Waals surface area contributed by atoms with Gasteiger partial charge in [0.25, 0.3) is 0 Å². The first-order valence-electron chi connectivity index (χ1n) is 11.6. The molecule has 166 valence electrons. The van der Waals surface area contributed by atoms with Crippen molar-refractivity contribution in [2.24, 2.45) is 5.92 Å². The van der Waals surface area contributed by atoms with E-state index >= 15 is 0 Å². The van der Waals surface area contributed by atoms with Gasteiger partial charge in [-0.25, -0.2) is 4.98 Å². The summed E-state index contributed by atoms with van der Waals surface area (Å²) in [5.74, 6) is 1.25. The quantitative estimate of drug-likeness (QED) is 0.124. The third-order valence-corrected chi connectivity index (χ3v) is 7.35. The van der Waals surface area contributed by atoms with Crippen LogP contribution in [0.1, 0.15) is 97.3 Å². The third kappa shape index (κ3) is 15.8. The van der Waals surface area contributed by atoms with Gasteiger partial charge in [0.2, 0.25) is 0 Å². The zero-order chi connectivity index (χ0) is 21.0. The van der Waals surface area contributed by atoms with Gasteiger partial charge in [-0.15, -0.1) is 0 Å². The number of hydrogen-bond acceptors (Lipinski definition) is 5. The van der Waals surface area contributed by atoms with Crippen LogP contribution in [-0.2, 0) is 9.53 Å². The Kier molecular flexibility index (Phi) is 17.5. The molecule has 1 aromatic rings. The summed E-state index contributed by atoms with van der Waals surface area (Å²) in [6.45, 7) is 5.12. The van der Waals surface area contributed by atoms with E-state index in [-0.39, 0.29) is 5.97 Å². The van der Waals surface area contributed by atoms with Gasteiger partial charge in [0, 0.05) is 11.9 Å². The minimum Gasteiger partial charge on any atom is -0.465 e. The molecule has 1 heterocycles. The summed E-state index contributed by atoms with van der Waals surface area (Å²) in [5, 5.41) is 0.983. The lowest BCUT2D eigenvalue weighted by molar-refractivity contribution is -0.144. The Morgan fingerprint density at radius 2 is 1.62 bits per heavy atom. The van der Waals surface area contributed by atoms with Crippen molar-refractivity contribution in [2.45, 2.75) is 102 Å². The SMILES string of the molecule is CCCCCCCCC(CCCCCC)COC(=O)CCSSc1ccccn1. The van der Waals surface area contributed by atoms with Crippen molar-refractivity contribution in [3.8, 4) is 0 Å². The highest BCUT2D eigenvalue weighted by Gasteiger charge is 2.12. The van der Waals surface area contributed by atoms with Gasteiger partial charge in [-0.3, -0.25) is 4.79 Å². The Hall–Kier alpha value is -0.680. The predicted octanol–water partition coefficient (Wildman–Crippen LogP) is 8.09. The van der Waals surface area contributed by atoms with Gasteiger partial charge in [0.1, 0.15) is 5.03 Å². The van der Waals surface area contributed by atoms with E-state index in [4.69, 9.17) is 4.74 Å². The maximum atomic E-state index is 12.1. The molecule has 0 fully saturated rings. The molecule has 0 spiro atoms. The smallest absolute Gasteiger partial charge is 0.306 e. The second-order valence-electron chi connectivity index (χ2n) is 7.78. The van der Waals surface area contributed by atoms with Gasteiger partial charge >= 0.3 is 5.97 Å². The zero-order valence-electron chi connectivity index (χ0n) is 18.6. The van der Waals surface area contributed by atoms with Crippen LogP contribution in [0.5, 0.6) is 0 Å². The predicted molar refractivity (Wildman–Crippen MR) is 128 cm³/mol. The van der Waals surface area contributed by atoms with Crippen molar-refractivity contribution >= 4 is 27.6 Å². The number of carbonyl (C=O) groups is 1. The molecule has 1 rings (SSSR count). The molecule has 0 saturated carbocycles. The topological polar surface area (TPSA) is 39.2 Å². The molecule has 0 bridgehead atoms. The Morgan fingerprint density at radius 3 is 2.28 bits per heavy atom. The van der Waals surface area contributed by atoms with Gasteiger partial charge < -0.3 is 4.74 Å². The minimum absolute atomic E-state index is 0.0550. The van der Waals surface area contributed by atoms with Crippen molar-refractivity contribution in [3.63, 3.8) is 0 Å². The molecular weight excluding hydrogens is 398 g/mol. The fourth-order valence-corrected chi connectivity index (χ4v) is 5.14. The summed E-state index contributed by atoms with van der Waals surface area (Å²) >= 11 is 0. The van der Waals surface area contributed by atoms with Crippen molar-refractivity contribution in [3.05, 3.63) is 24.4 Å². The van der Waals surface area contributed by atoms with Crippen LogP contribution in [0.4, 0.5) is 0 Å². The molecule has 0 N–H and O–H groups in total. The van der Waals surface area contributed by atoms with Gasteiger partial charge in [0.15, 0.2) is 0 Å². The average Bonchev–Trinajstić information content (AvgIpc) is 2.75. The first-order chi connectivity index (χ1) is 14.3. The first kappa shape index (κ1) is 26.4. The van der Waals surface area contributed by atoms with Crippen LogP contribution >= 0.6 is 21.6 Å². The van der Waals surface area contributed by atoms with E-state index in [1.165, 1.54) is 77.0 Å². The number of ether oxygens (including phenoxy) is 1. The van der Waals surface area contributed by atoms with Gasteiger partial charge in [-0.1, -0.05) is 94.9 Å². The number of esters is 1. The molecule has 1 atom stereocenters. The van der Waals surface area contributed by atoms with E-state index in [0.717, 1.165) is 10.8 Å². The van der Waals surface area contributed by atoms with Crippen molar-refractivity contribution in [1.29, 1.82) is 0 Å². The molecule has 1 aromatic heterocycles. The maximum Gasteiger partial charge on any atom is 0.306 e. The largest absolute Gasteiger partial charge is 0.465 e. The highest BCUT2D eigenvalue weighted by Crippen LogP contribution is 2.29. The van der Waals surface area contributed by atoms with E-state index in [2.05, 4.69) is 18.8 Å². The van der Waals surface area contributed by atoms with Gasteiger partial charge in [-0.05, 0) is 41.7 Å². The third-order valence-electron chi connectivity index (χ3n) is 5.08. The van der Waals surface area contributed by atoms with Crippen LogP contribution in [0.15, 0.2) is 29.4 Å². The number of rotatable bonds is 19. The van der Waals surface area contributed by atoms with E-state index in [9.17, 15) is 4.79 Å². The molecule has 0 radical (unpaired) electrons. The van der Waals surface area contributed by atoms with Crippen LogP contribution in [0.25, 0.3) is 0 Å². The Bertz CT molecular complexity index is 499. The molecular formula is C24H41NO2S2. The highest BCUT2D eigenvalue weighted by molar-refractivity contribution is 8.76. The second kappa shape index (κ2) is 19.3. The standard InChI is InChI=1S/C24H41NO2S2/c1-3-5-7-9-10-12-16-22(15-11-8-6-4-2)21-27-24(26)18-20-28-29-23-17-13-14-19-25-23/h13-14,17,19,22H,3-12,15-16,18,20-21H2,1-2H3. The summed E-state index contributed by atoms with van der Waals surface area (Å²) in [4.78, 5) is 16.4. The molecule has 0 aliphatic heterocycles. The van der Waals surface area contributed by atoms with Gasteiger partial charge in [-0.2, -0.15) is 0 Å². The molecule has 0 aromatic carbocycles. The van der Waals surface area contributed by atoms with Crippen molar-refractivity contribution in [1.82, 2.24) is 4.98 Å². The number of aromatic nitrogens is 1. The summed E-state index contributed by atoms with van der Waals surface area (Å²) < 4.78 is 5.63. The second-order valence-corrected chi connectivity index (χ2v) is 10.2. The Morgan fingerprint density at radius 1 is 0.966 bits per heavy atom. The maximum absolute atomic E-state index is 12.1. The van der Waals surface area contributed by atoms with Crippen LogP contribution < -0.4 is 0 Å². The number of pyridine rings is 1. The molecule has 0 aliphatic rings. The minimum atomic E-state index is -0.0550. The fourth-order valence-electron chi connectivity index (χ4n) is 3.29. The molecule has 0 aliphatic carbocycles. The summed E-state index contributed by atoms with van der Waals surface area (Å²) in [5.41, 5.74) is 0.